The first-order valence-corrected chi connectivity index (χ1v) is 16.5. The number of nitrogens with one attached hydrogen (secondary N) is 3. The number of ether oxygens (including phenoxy) is 3. The number of benzene rings is 1. The van der Waals surface area contributed by atoms with Gasteiger partial charge in [-0.25, -0.2) is 9.59 Å². The molecule has 3 fully saturated rings. The van der Waals surface area contributed by atoms with Gasteiger partial charge in [-0.15, -0.1) is 12.4 Å². The Morgan fingerprint density at radius 3 is 2.37 bits per heavy atom. The molecule has 2 unspecified atom stereocenters. The van der Waals surface area contributed by atoms with Crippen LogP contribution >= 0.6 is 12.4 Å². The topological polar surface area (TPSA) is 152 Å². The largest absolute Gasteiger partial charge is 0.511 e. The van der Waals surface area contributed by atoms with E-state index in [9.17, 15) is 24.0 Å². The van der Waals surface area contributed by atoms with Gasteiger partial charge < -0.3 is 35.1 Å². The molecular formula is C33H49ClN4O8. The summed E-state index contributed by atoms with van der Waals surface area (Å²) in [5, 5.41) is 8.73. The van der Waals surface area contributed by atoms with Crippen molar-refractivity contribution in [3.8, 4) is 0 Å². The van der Waals surface area contributed by atoms with E-state index in [1.54, 1.807) is 35.2 Å². The van der Waals surface area contributed by atoms with Crippen LogP contribution in [0.3, 0.4) is 0 Å². The van der Waals surface area contributed by atoms with Gasteiger partial charge in [-0.2, -0.15) is 0 Å². The Labute approximate surface area is 277 Å². The first-order chi connectivity index (χ1) is 21.8. The maximum Gasteiger partial charge on any atom is 0.511 e. The zero-order valence-corrected chi connectivity index (χ0v) is 27.5. The number of carbonyl (C=O) groups excluding carboxylic acids is 5. The van der Waals surface area contributed by atoms with Gasteiger partial charge in [0, 0.05) is 38.5 Å². The van der Waals surface area contributed by atoms with Crippen LogP contribution in [0.2, 0.25) is 0 Å². The first-order valence-electron chi connectivity index (χ1n) is 16.5. The van der Waals surface area contributed by atoms with Crippen LogP contribution in [0.5, 0.6) is 0 Å². The van der Waals surface area contributed by atoms with Gasteiger partial charge in [0.05, 0.1) is 5.92 Å². The van der Waals surface area contributed by atoms with Crippen molar-refractivity contribution >= 4 is 42.3 Å². The second-order valence-corrected chi connectivity index (χ2v) is 12.3. The van der Waals surface area contributed by atoms with Gasteiger partial charge in [-0.05, 0) is 88.9 Å². The summed E-state index contributed by atoms with van der Waals surface area (Å²) in [5.74, 6) is -1.52. The molecule has 3 atom stereocenters. The lowest BCUT2D eigenvalue weighted by Gasteiger charge is -2.33. The van der Waals surface area contributed by atoms with Gasteiger partial charge in [-0.3, -0.25) is 14.4 Å². The second-order valence-electron chi connectivity index (χ2n) is 12.3. The molecule has 12 nitrogen and oxygen atoms in total. The summed E-state index contributed by atoms with van der Waals surface area (Å²) < 4.78 is 15.8. The average Bonchev–Trinajstić information content (AvgIpc) is 3.06. The predicted molar refractivity (Wildman–Crippen MR) is 172 cm³/mol. The minimum absolute atomic E-state index is 0. The van der Waals surface area contributed by atoms with E-state index < -0.39 is 36.3 Å². The first kappa shape index (κ1) is 37.1. The van der Waals surface area contributed by atoms with Gasteiger partial charge in [0.1, 0.15) is 12.1 Å². The van der Waals surface area contributed by atoms with E-state index in [0.29, 0.717) is 43.8 Å². The summed E-state index contributed by atoms with van der Waals surface area (Å²) >= 11 is 0. The number of likely N-dealkylation sites (tertiary alicyclic amines) is 1. The van der Waals surface area contributed by atoms with Gasteiger partial charge in [0.2, 0.25) is 18.1 Å². The number of hydrogen-bond acceptors (Lipinski definition) is 9. The molecule has 3 N–H and O–H groups in total. The lowest BCUT2D eigenvalue weighted by Crippen LogP contribution is -2.52. The van der Waals surface area contributed by atoms with Crippen molar-refractivity contribution in [3.63, 3.8) is 0 Å². The number of amides is 3. The third kappa shape index (κ3) is 12.1. The van der Waals surface area contributed by atoms with Crippen molar-refractivity contribution in [1.29, 1.82) is 0 Å². The molecule has 46 heavy (non-hydrogen) atoms. The van der Waals surface area contributed by atoms with Crippen molar-refractivity contribution in [1.82, 2.24) is 20.9 Å². The SMILES string of the molecule is CC(OC(=O)OC1CCCCC1)OC(=O)C(CNC(=O)[C@@H]1CCCN(C(=O)CCC2CCNCC2)C1)NC(=O)c1ccccc1.Cl. The number of halogens is 1. The monoisotopic (exact) mass is 664 g/mol. The highest BCUT2D eigenvalue weighted by Gasteiger charge is 2.31. The molecule has 3 amide bonds. The molecule has 2 heterocycles. The van der Waals surface area contributed by atoms with Crippen LogP contribution in [-0.2, 0) is 28.6 Å². The Kier molecular flexibility index (Phi) is 15.6. The summed E-state index contributed by atoms with van der Waals surface area (Å²) in [4.78, 5) is 66.2. The highest BCUT2D eigenvalue weighted by atomic mass is 35.5. The average molecular weight is 665 g/mol. The maximum atomic E-state index is 13.2. The molecule has 1 aromatic rings. The fourth-order valence-corrected chi connectivity index (χ4v) is 6.20. The van der Waals surface area contributed by atoms with E-state index in [2.05, 4.69) is 16.0 Å². The Morgan fingerprint density at radius 1 is 0.935 bits per heavy atom. The highest BCUT2D eigenvalue weighted by Crippen LogP contribution is 2.22. The quantitative estimate of drug-likeness (QED) is 0.224. The van der Waals surface area contributed by atoms with E-state index in [1.165, 1.54) is 6.92 Å². The molecule has 2 saturated heterocycles. The van der Waals surface area contributed by atoms with Gasteiger partial charge in [0.25, 0.3) is 5.91 Å². The summed E-state index contributed by atoms with van der Waals surface area (Å²) in [6.45, 7) is 4.06. The summed E-state index contributed by atoms with van der Waals surface area (Å²) in [6, 6.07) is 7.10. The van der Waals surface area contributed by atoms with E-state index in [1.807, 2.05) is 0 Å². The number of hydrogen-bond donors (Lipinski definition) is 3. The molecule has 1 saturated carbocycles. The minimum atomic E-state index is -1.27. The summed E-state index contributed by atoms with van der Waals surface area (Å²) in [6.07, 6.45) is 6.99. The van der Waals surface area contributed by atoms with E-state index in [-0.39, 0.29) is 36.9 Å². The van der Waals surface area contributed by atoms with E-state index in [0.717, 1.165) is 64.5 Å². The molecule has 3 aliphatic rings. The van der Waals surface area contributed by atoms with Crippen LogP contribution in [0.4, 0.5) is 4.79 Å². The number of nitrogens with zero attached hydrogens (tertiary/aromatic N) is 1. The van der Waals surface area contributed by atoms with Crippen LogP contribution in [0.15, 0.2) is 30.3 Å². The summed E-state index contributed by atoms with van der Waals surface area (Å²) in [7, 11) is 0. The molecule has 1 aliphatic carbocycles. The Hall–Kier alpha value is -3.38. The second kappa shape index (κ2) is 19.3. The fraction of sp³-hybridized carbons (Fsp3) is 0.667. The van der Waals surface area contributed by atoms with E-state index in [4.69, 9.17) is 14.2 Å². The molecule has 4 rings (SSSR count). The van der Waals surface area contributed by atoms with Crippen molar-refractivity contribution < 1.29 is 38.2 Å². The van der Waals surface area contributed by atoms with Crippen LogP contribution in [0.1, 0.15) is 87.9 Å². The normalized spacial score (nSPS) is 20.3. The Morgan fingerprint density at radius 2 is 1.65 bits per heavy atom. The lowest BCUT2D eigenvalue weighted by molar-refractivity contribution is -0.171. The smallest absolute Gasteiger partial charge is 0.431 e. The standard InChI is InChI=1S/C33H48N4O8.ClH/c1-23(44-33(42)45-27-12-6-3-7-13-27)43-32(41)28(36-31(40)25-9-4-2-5-10-25)21-35-30(39)26-11-8-20-37(22-26)29(38)15-14-24-16-18-34-19-17-24;/h2,4-5,9-10,23-24,26-28,34H,3,6-8,11-22H2,1H3,(H,35,39)(H,36,40);1H/t23?,26-,28?;/m1./s1. The molecule has 0 bridgehead atoms. The van der Waals surface area contributed by atoms with E-state index >= 15 is 0 Å². The highest BCUT2D eigenvalue weighted by molar-refractivity contribution is 5.97. The lowest BCUT2D eigenvalue weighted by atomic mass is 9.92. The third-order valence-corrected chi connectivity index (χ3v) is 8.84. The zero-order valence-electron chi connectivity index (χ0n) is 26.7. The predicted octanol–water partition coefficient (Wildman–Crippen LogP) is 3.72. The number of esters is 1. The Balaban J connectivity index is 0.00000576. The molecular weight excluding hydrogens is 616 g/mol. The summed E-state index contributed by atoms with van der Waals surface area (Å²) in [5.41, 5.74) is 0.327. The van der Waals surface area contributed by atoms with Gasteiger partial charge in [0.15, 0.2) is 0 Å². The third-order valence-electron chi connectivity index (χ3n) is 8.84. The molecule has 13 heteroatoms. The van der Waals surface area contributed by atoms with Crippen LogP contribution in [0.25, 0.3) is 0 Å². The van der Waals surface area contributed by atoms with Crippen molar-refractivity contribution in [2.75, 3.05) is 32.7 Å². The van der Waals surface area contributed by atoms with Crippen LogP contribution in [0, 0.1) is 11.8 Å². The van der Waals surface area contributed by atoms with Crippen molar-refractivity contribution in [2.24, 2.45) is 11.8 Å². The number of piperidine rings is 2. The van der Waals surface area contributed by atoms with Crippen molar-refractivity contribution in [3.05, 3.63) is 35.9 Å². The molecule has 2 aliphatic heterocycles. The number of rotatable bonds is 12. The molecule has 256 valence electrons. The number of carbonyl (C=O) groups is 5. The molecule has 0 spiro atoms. The molecule has 1 aromatic carbocycles. The molecule has 0 radical (unpaired) electrons. The van der Waals surface area contributed by atoms with Crippen LogP contribution in [-0.4, -0.2) is 85.9 Å². The van der Waals surface area contributed by atoms with Crippen molar-refractivity contribution in [2.45, 2.75) is 96.0 Å². The van der Waals surface area contributed by atoms with Gasteiger partial charge in [-0.1, -0.05) is 24.6 Å². The van der Waals surface area contributed by atoms with Gasteiger partial charge >= 0.3 is 12.1 Å². The maximum absolute atomic E-state index is 13.2. The molecule has 0 aromatic heterocycles. The van der Waals surface area contributed by atoms with Crippen LogP contribution < -0.4 is 16.0 Å². The fourth-order valence-electron chi connectivity index (χ4n) is 6.20. The Bertz CT molecular complexity index is 1140. The zero-order chi connectivity index (χ0) is 32.0. The minimum Gasteiger partial charge on any atom is -0.431 e.